The highest BCUT2D eigenvalue weighted by Crippen LogP contribution is 2.48. The van der Waals surface area contributed by atoms with Crippen molar-refractivity contribution in [2.45, 2.75) is 32.2 Å². The maximum Gasteiger partial charge on any atom is 0.255 e. The van der Waals surface area contributed by atoms with Crippen LogP contribution in [-0.2, 0) is 10.3 Å². The molecule has 0 aromatic carbocycles. The lowest BCUT2D eigenvalue weighted by atomic mass is 10.0. The third-order valence-electron chi connectivity index (χ3n) is 6.43. The Bertz CT molecular complexity index is 956. The Morgan fingerprint density at radius 1 is 1.31 bits per heavy atom. The van der Waals surface area contributed by atoms with Crippen molar-refractivity contribution in [3.8, 4) is 10.6 Å². The Hall–Kier alpha value is -1.54. The molecule has 1 spiro atoms. The van der Waals surface area contributed by atoms with Crippen molar-refractivity contribution < 1.29 is 9.53 Å². The molecule has 4 heterocycles. The van der Waals surface area contributed by atoms with E-state index in [9.17, 15) is 4.79 Å². The van der Waals surface area contributed by atoms with E-state index in [1.165, 1.54) is 12.8 Å². The molecule has 2 fully saturated rings. The monoisotopic (exact) mass is 432 g/mol. The predicted molar refractivity (Wildman–Crippen MR) is 113 cm³/mol. The van der Waals surface area contributed by atoms with Gasteiger partial charge in [0.05, 0.1) is 34.9 Å². The number of nitrogens with zero attached hydrogens (tertiary/aromatic N) is 4. The van der Waals surface area contributed by atoms with Crippen LogP contribution in [0.15, 0.2) is 18.3 Å². The van der Waals surface area contributed by atoms with Crippen molar-refractivity contribution in [2.24, 2.45) is 5.41 Å². The molecule has 154 valence electrons. The molecule has 0 unspecified atom stereocenters. The van der Waals surface area contributed by atoms with Crippen LogP contribution in [0.2, 0.25) is 5.28 Å². The Balaban J connectivity index is 1.33. The maximum atomic E-state index is 13.2. The van der Waals surface area contributed by atoms with E-state index in [4.69, 9.17) is 16.3 Å². The topological polar surface area (TPSA) is 58.6 Å². The third-order valence-corrected chi connectivity index (χ3v) is 8.09. The summed E-state index contributed by atoms with van der Waals surface area (Å²) in [6.07, 6.45) is 4.18. The van der Waals surface area contributed by atoms with Crippen LogP contribution in [0.3, 0.4) is 0 Å². The summed E-state index contributed by atoms with van der Waals surface area (Å²) in [5.74, 6) is 0.111. The number of hydrogen-bond acceptors (Lipinski definition) is 6. The zero-order valence-corrected chi connectivity index (χ0v) is 18.4. The van der Waals surface area contributed by atoms with Gasteiger partial charge in [-0.25, -0.2) is 9.97 Å². The molecule has 3 aliphatic rings. The van der Waals surface area contributed by atoms with Gasteiger partial charge in [0.25, 0.3) is 5.91 Å². The lowest BCUT2D eigenvalue weighted by Crippen LogP contribution is -2.45. The van der Waals surface area contributed by atoms with Gasteiger partial charge in [-0.2, -0.15) is 0 Å². The first kappa shape index (κ1) is 19.4. The molecule has 1 aliphatic carbocycles. The number of thiophene rings is 1. The minimum atomic E-state index is -0.328. The van der Waals surface area contributed by atoms with Crippen LogP contribution in [0.4, 0.5) is 0 Å². The Morgan fingerprint density at radius 2 is 2.14 bits per heavy atom. The summed E-state index contributed by atoms with van der Waals surface area (Å²) in [7, 11) is 0. The van der Waals surface area contributed by atoms with Crippen molar-refractivity contribution in [2.75, 3.05) is 39.4 Å². The van der Waals surface area contributed by atoms with Gasteiger partial charge < -0.3 is 9.64 Å². The third kappa shape index (κ3) is 3.48. The molecule has 0 bridgehead atoms. The first-order valence-corrected chi connectivity index (χ1v) is 11.3. The second-order valence-corrected chi connectivity index (χ2v) is 10.3. The molecule has 1 amide bonds. The van der Waals surface area contributed by atoms with Crippen molar-refractivity contribution >= 4 is 28.8 Å². The van der Waals surface area contributed by atoms with E-state index in [2.05, 4.69) is 28.7 Å². The van der Waals surface area contributed by atoms with Crippen molar-refractivity contribution in [1.29, 1.82) is 0 Å². The number of aromatic nitrogens is 2. The van der Waals surface area contributed by atoms with E-state index in [-0.39, 0.29) is 16.7 Å². The largest absolute Gasteiger partial charge is 0.379 e. The van der Waals surface area contributed by atoms with Crippen molar-refractivity contribution in [3.05, 3.63) is 34.1 Å². The number of carbonyl (C=O) groups is 1. The molecule has 2 aliphatic heterocycles. The highest BCUT2D eigenvalue weighted by Gasteiger charge is 2.47. The zero-order valence-electron chi connectivity index (χ0n) is 16.8. The average molecular weight is 433 g/mol. The standard InChI is InChI=1S/C21H25ClN4O2S/c1-20(2)17-14(11-16(29-17)15-3-6-23-19(22)24-15)18(27)26(20)8-7-25-9-10-28-13-21(12-25)4-5-21/h3,6,11H,4-5,7-10,12-13H2,1-2H3. The number of rotatable bonds is 4. The molecule has 0 radical (unpaired) electrons. The number of ether oxygens (including phenoxy) is 1. The highest BCUT2D eigenvalue weighted by atomic mass is 35.5. The van der Waals surface area contributed by atoms with E-state index >= 15 is 0 Å². The lowest BCUT2D eigenvalue weighted by Gasteiger charge is -2.34. The van der Waals surface area contributed by atoms with Gasteiger partial charge in [0.2, 0.25) is 5.28 Å². The number of amides is 1. The Kier molecular flexibility index (Phi) is 4.70. The molecule has 0 N–H and O–H groups in total. The van der Waals surface area contributed by atoms with Gasteiger partial charge in [-0.1, -0.05) is 0 Å². The van der Waals surface area contributed by atoms with E-state index in [1.807, 2.05) is 17.0 Å². The molecule has 6 nitrogen and oxygen atoms in total. The van der Waals surface area contributed by atoms with Crippen LogP contribution in [0.5, 0.6) is 0 Å². The van der Waals surface area contributed by atoms with Crippen molar-refractivity contribution in [1.82, 2.24) is 19.8 Å². The lowest BCUT2D eigenvalue weighted by molar-refractivity contribution is 0.0583. The molecule has 1 saturated carbocycles. The summed E-state index contributed by atoms with van der Waals surface area (Å²) in [6.45, 7) is 9.62. The summed E-state index contributed by atoms with van der Waals surface area (Å²) in [6, 6.07) is 3.79. The first-order chi connectivity index (χ1) is 13.9. The van der Waals surface area contributed by atoms with Crippen LogP contribution in [0, 0.1) is 5.41 Å². The number of halogens is 1. The van der Waals surface area contributed by atoms with E-state index < -0.39 is 0 Å². The molecule has 5 rings (SSSR count). The number of fused-ring (bicyclic) bond motifs is 1. The van der Waals surface area contributed by atoms with Gasteiger partial charge in [0.15, 0.2) is 0 Å². The Labute approximate surface area is 179 Å². The summed E-state index contributed by atoms with van der Waals surface area (Å²) in [5, 5.41) is 0.220. The smallest absolute Gasteiger partial charge is 0.255 e. The van der Waals surface area contributed by atoms with Crippen LogP contribution in [0.25, 0.3) is 10.6 Å². The van der Waals surface area contributed by atoms with Gasteiger partial charge in [-0.05, 0) is 50.4 Å². The summed E-state index contributed by atoms with van der Waals surface area (Å²) < 4.78 is 5.80. The van der Waals surface area contributed by atoms with Gasteiger partial charge in [0.1, 0.15) is 0 Å². The first-order valence-electron chi connectivity index (χ1n) is 10.1. The van der Waals surface area contributed by atoms with Crippen molar-refractivity contribution in [3.63, 3.8) is 0 Å². The summed E-state index contributed by atoms with van der Waals surface area (Å²) in [5.41, 5.74) is 1.61. The Morgan fingerprint density at radius 3 is 2.86 bits per heavy atom. The fraction of sp³-hybridized carbons (Fsp3) is 0.571. The van der Waals surface area contributed by atoms with Gasteiger partial charge in [-0.3, -0.25) is 9.69 Å². The number of carbonyl (C=O) groups excluding carboxylic acids is 1. The molecule has 0 atom stereocenters. The van der Waals surface area contributed by atoms with Gasteiger partial charge in [-0.15, -0.1) is 11.3 Å². The summed E-state index contributed by atoms with van der Waals surface area (Å²) >= 11 is 7.57. The summed E-state index contributed by atoms with van der Waals surface area (Å²) in [4.78, 5) is 28.0. The molecule has 1 saturated heterocycles. The zero-order chi connectivity index (χ0) is 20.2. The number of hydrogen-bond donors (Lipinski definition) is 0. The van der Waals surface area contributed by atoms with Gasteiger partial charge >= 0.3 is 0 Å². The SMILES string of the molecule is CC1(C)c2sc(-c3ccnc(Cl)n3)cc2C(=O)N1CCN1CCOCC2(CC2)C1. The van der Waals surface area contributed by atoms with Crippen LogP contribution >= 0.6 is 22.9 Å². The van der Waals surface area contributed by atoms with E-state index in [0.717, 1.165) is 60.4 Å². The van der Waals surface area contributed by atoms with E-state index in [1.54, 1.807) is 17.5 Å². The molecule has 29 heavy (non-hydrogen) atoms. The normalized spacial score (nSPS) is 22.7. The molecule has 8 heteroatoms. The van der Waals surface area contributed by atoms with Crippen LogP contribution < -0.4 is 0 Å². The maximum absolute atomic E-state index is 13.2. The van der Waals surface area contributed by atoms with Gasteiger partial charge in [0, 0.05) is 42.7 Å². The molecular formula is C21H25ClN4O2S. The highest BCUT2D eigenvalue weighted by molar-refractivity contribution is 7.16. The predicted octanol–water partition coefficient (Wildman–Crippen LogP) is 3.66. The molecule has 2 aromatic rings. The fourth-order valence-corrected chi connectivity index (χ4v) is 5.88. The minimum Gasteiger partial charge on any atom is -0.379 e. The second kappa shape index (κ2) is 7.01. The minimum absolute atomic E-state index is 0.111. The molecule has 2 aromatic heterocycles. The quantitative estimate of drug-likeness (QED) is 0.690. The second-order valence-electron chi connectivity index (χ2n) is 8.91. The molecular weight excluding hydrogens is 408 g/mol. The van der Waals surface area contributed by atoms with E-state index in [0.29, 0.717) is 5.41 Å². The van der Waals surface area contributed by atoms with Crippen LogP contribution in [-0.4, -0.2) is 65.1 Å². The fourth-order valence-electron chi connectivity index (χ4n) is 4.50. The van der Waals surface area contributed by atoms with Crippen LogP contribution in [0.1, 0.15) is 41.9 Å². The average Bonchev–Trinajstić information content (AvgIpc) is 3.30.